The van der Waals surface area contributed by atoms with Gasteiger partial charge in [-0.1, -0.05) is 0 Å². The maximum Gasteiger partial charge on any atom is 0.0748 e. The lowest BCUT2D eigenvalue weighted by Crippen LogP contribution is -2.28. The Morgan fingerprint density at radius 1 is 1.64 bits per heavy atom. The molecule has 1 atom stereocenters. The first-order valence-electron chi connectivity index (χ1n) is 3.73. The van der Waals surface area contributed by atoms with Crippen molar-refractivity contribution in [2.24, 2.45) is 0 Å². The van der Waals surface area contributed by atoms with Gasteiger partial charge in [-0.15, -0.1) is 0 Å². The van der Waals surface area contributed by atoms with Crippen LogP contribution in [0.2, 0.25) is 0 Å². The van der Waals surface area contributed by atoms with E-state index in [1.807, 2.05) is 24.5 Å². The number of hydrogen-bond donors (Lipinski definition) is 1. The number of nitrogens with one attached hydrogen (secondary N) is 1. The highest BCUT2D eigenvalue weighted by Gasteiger charge is 2.21. The molecule has 1 aromatic rings. The first-order chi connectivity index (χ1) is 5.29. The molecule has 0 saturated heterocycles. The topological polar surface area (TPSA) is 28.2 Å². The van der Waals surface area contributed by atoms with E-state index in [-0.39, 0.29) is 0 Å². The van der Waals surface area contributed by atoms with E-state index in [9.17, 15) is 0 Å². The molecule has 2 heterocycles. The minimum atomic E-state index is 0.415. The van der Waals surface area contributed by atoms with Gasteiger partial charge in [0, 0.05) is 13.2 Å². The van der Waals surface area contributed by atoms with Gasteiger partial charge in [-0.25, -0.2) is 5.43 Å². The van der Waals surface area contributed by atoms with Crippen LogP contribution in [0.25, 0.3) is 0 Å². The maximum atomic E-state index is 4.06. The van der Waals surface area contributed by atoms with Crippen LogP contribution in [0.15, 0.2) is 18.5 Å². The zero-order chi connectivity index (χ0) is 7.84. The molecule has 0 bridgehead atoms. The summed E-state index contributed by atoms with van der Waals surface area (Å²) < 4.78 is 0. The summed E-state index contributed by atoms with van der Waals surface area (Å²) in [5.41, 5.74) is 5.78. The Morgan fingerprint density at radius 2 is 2.45 bits per heavy atom. The van der Waals surface area contributed by atoms with Crippen LogP contribution >= 0.6 is 0 Å². The molecule has 0 aromatic carbocycles. The molecule has 1 aliphatic heterocycles. The molecule has 2 rings (SSSR count). The fourth-order valence-electron chi connectivity index (χ4n) is 1.47. The van der Waals surface area contributed by atoms with E-state index in [2.05, 4.69) is 23.4 Å². The van der Waals surface area contributed by atoms with Crippen LogP contribution in [-0.4, -0.2) is 12.0 Å². The fourth-order valence-corrected chi connectivity index (χ4v) is 1.47. The minimum Gasteiger partial charge on any atom is -0.309 e. The van der Waals surface area contributed by atoms with E-state index in [4.69, 9.17) is 0 Å². The van der Waals surface area contributed by atoms with Crippen LogP contribution in [0.5, 0.6) is 0 Å². The molecule has 0 spiro atoms. The highest BCUT2D eigenvalue weighted by Crippen LogP contribution is 2.29. The monoisotopic (exact) mass is 149 g/mol. The van der Waals surface area contributed by atoms with Crippen molar-refractivity contribution < 1.29 is 0 Å². The Labute approximate surface area is 66.0 Å². The standard InChI is InChI=1S/C8H11N3/c1-6-7-3-4-9-5-8(7)11(2)10-6/h3-6,10H,1-2H3. The Bertz CT molecular complexity index is 245. The van der Waals surface area contributed by atoms with E-state index in [1.54, 1.807) is 0 Å². The second-order valence-corrected chi connectivity index (χ2v) is 2.84. The van der Waals surface area contributed by atoms with Gasteiger partial charge in [0.05, 0.1) is 17.9 Å². The van der Waals surface area contributed by atoms with Gasteiger partial charge in [0.25, 0.3) is 0 Å². The second-order valence-electron chi connectivity index (χ2n) is 2.84. The van der Waals surface area contributed by atoms with Crippen molar-refractivity contribution in [3.63, 3.8) is 0 Å². The van der Waals surface area contributed by atoms with Crippen LogP contribution in [0, 0.1) is 0 Å². The molecule has 1 N–H and O–H groups in total. The van der Waals surface area contributed by atoms with Gasteiger partial charge >= 0.3 is 0 Å². The normalized spacial score (nSPS) is 22.0. The van der Waals surface area contributed by atoms with Crippen LogP contribution in [0.3, 0.4) is 0 Å². The molecule has 0 saturated carbocycles. The number of pyridine rings is 1. The molecule has 1 aromatic heterocycles. The van der Waals surface area contributed by atoms with Crippen molar-refractivity contribution in [3.8, 4) is 0 Å². The number of anilines is 1. The molecular formula is C8H11N3. The van der Waals surface area contributed by atoms with Gasteiger partial charge in [0.15, 0.2) is 0 Å². The lowest BCUT2D eigenvalue weighted by atomic mass is 10.1. The van der Waals surface area contributed by atoms with Crippen LogP contribution in [0.4, 0.5) is 5.69 Å². The van der Waals surface area contributed by atoms with Gasteiger partial charge in [-0.3, -0.25) is 4.98 Å². The van der Waals surface area contributed by atoms with Crippen molar-refractivity contribution in [2.75, 3.05) is 12.1 Å². The smallest absolute Gasteiger partial charge is 0.0748 e. The van der Waals surface area contributed by atoms with Crippen molar-refractivity contribution in [1.29, 1.82) is 0 Å². The zero-order valence-electron chi connectivity index (χ0n) is 6.70. The Balaban J connectivity index is 2.52. The fraction of sp³-hybridized carbons (Fsp3) is 0.375. The van der Waals surface area contributed by atoms with Crippen molar-refractivity contribution in [3.05, 3.63) is 24.0 Å². The molecule has 3 nitrogen and oxygen atoms in total. The number of rotatable bonds is 0. The van der Waals surface area contributed by atoms with Crippen molar-refractivity contribution in [2.45, 2.75) is 13.0 Å². The van der Waals surface area contributed by atoms with Crippen molar-refractivity contribution in [1.82, 2.24) is 10.4 Å². The van der Waals surface area contributed by atoms with E-state index >= 15 is 0 Å². The molecule has 1 unspecified atom stereocenters. The first-order valence-corrected chi connectivity index (χ1v) is 3.73. The number of hydrogen-bond acceptors (Lipinski definition) is 3. The lowest BCUT2D eigenvalue weighted by Gasteiger charge is -2.11. The Hall–Kier alpha value is -1.09. The van der Waals surface area contributed by atoms with Gasteiger partial charge < -0.3 is 5.01 Å². The van der Waals surface area contributed by atoms with Crippen LogP contribution < -0.4 is 10.4 Å². The average Bonchev–Trinajstić information content (AvgIpc) is 2.30. The molecule has 3 heteroatoms. The van der Waals surface area contributed by atoms with Crippen LogP contribution in [0.1, 0.15) is 18.5 Å². The number of hydrazine groups is 1. The molecule has 11 heavy (non-hydrogen) atoms. The molecule has 0 aliphatic carbocycles. The van der Waals surface area contributed by atoms with Gasteiger partial charge in [0.1, 0.15) is 0 Å². The summed E-state index contributed by atoms with van der Waals surface area (Å²) in [6, 6.07) is 2.47. The van der Waals surface area contributed by atoms with Gasteiger partial charge in [-0.05, 0) is 18.6 Å². The van der Waals surface area contributed by atoms with Crippen molar-refractivity contribution >= 4 is 5.69 Å². The second kappa shape index (κ2) is 2.20. The summed E-state index contributed by atoms with van der Waals surface area (Å²) in [6.45, 7) is 2.14. The third-order valence-electron chi connectivity index (χ3n) is 2.05. The summed E-state index contributed by atoms with van der Waals surface area (Å²) in [5, 5.41) is 2.01. The maximum absolute atomic E-state index is 4.06. The van der Waals surface area contributed by atoms with E-state index < -0.39 is 0 Å². The molecular weight excluding hydrogens is 138 g/mol. The zero-order valence-corrected chi connectivity index (χ0v) is 6.70. The highest BCUT2D eigenvalue weighted by atomic mass is 15.5. The Morgan fingerprint density at radius 3 is 3.18 bits per heavy atom. The largest absolute Gasteiger partial charge is 0.309 e. The minimum absolute atomic E-state index is 0.415. The van der Waals surface area contributed by atoms with E-state index in [1.165, 1.54) is 11.3 Å². The average molecular weight is 149 g/mol. The molecule has 1 aliphatic rings. The van der Waals surface area contributed by atoms with Gasteiger partial charge in [0.2, 0.25) is 0 Å². The summed E-state index contributed by atoms with van der Waals surface area (Å²) in [7, 11) is 2.00. The predicted octanol–water partition coefficient (Wildman–Crippen LogP) is 1.10. The number of nitrogens with zero attached hydrogens (tertiary/aromatic N) is 2. The van der Waals surface area contributed by atoms with Crippen LogP contribution in [-0.2, 0) is 0 Å². The summed E-state index contributed by atoms with van der Waals surface area (Å²) in [5.74, 6) is 0. The molecule has 0 amide bonds. The molecule has 0 fully saturated rings. The number of aromatic nitrogens is 1. The summed E-state index contributed by atoms with van der Waals surface area (Å²) in [6.07, 6.45) is 3.71. The lowest BCUT2D eigenvalue weighted by molar-refractivity contribution is 0.616. The SMILES string of the molecule is CC1NN(C)c2cnccc21. The summed E-state index contributed by atoms with van der Waals surface area (Å²) >= 11 is 0. The highest BCUT2D eigenvalue weighted by molar-refractivity contribution is 5.55. The van der Waals surface area contributed by atoms with E-state index in [0.717, 1.165) is 0 Å². The quantitative estimate of drug-likeness (QED) is 0.598. The van der Waals surface area contributed by atoms with E-state index in [0.29, 0.717) is 6.04 Å². The molecule has 0 radical (unpaired) electrons. The molecule has 58 valence electrons. The third-order valence-corrected chi connectivity index (χ3v) is 2.05. The number of fused-ring (bicyclic) bond motifs is 1. The Kier molecular flexibility index (Phi) is 1.32. The predicted molar refractivity (Wildman–Crippen MR) is 44.2 cm³/mol. The van der Waals surface area contributed by atoms with Gasteiger partial charge in [-0.2, -0.15) is 0 Å². The first kappa shape index (κ1) is 6.61. The third kappa shape index (κ3) is 0.886. The summed E-state index contributed by atoms with van der Waals surface area (Å²) in [4.78, 5) is 4.06.